The van der Waals surface area contributed by atoms with Crippen LogP contribution in [0.1, 0.15) is 67.7 Å². The second-order valence-corrected chi connectivity index (χ2v) is 10.9. The van der Waals surface area contributed by atoms with Gasteiger partial charge in [-0.1, -0.05) is 105 Å². The summed E-state index contributed by atoms with van der Waals surface area (Å²) in [4.78, 5) is 37.9. The Morgan fingerprint density at radius 1 is 0.705 bits per heavy atom. The number of nitrogens with two attached hydrogens (primary N) is 1. The van der Waals surface area contributed by atoms with Crippen LogP contribution >= 0.6 is 0 Å². The van der Waals surface area contributed by atoms with Crippen LogP contribution in [0.3, 0.4) is 0 Å². The molecule has 0 aromatic heterocycles. The van der Waals surface area contributed by atoms with Crippen molar-refractivity contribution in [3.8, 4) is 5.75 Å². The molecule has 236 valence electrons. The summed E-state index contributed by atoms with van der Waals surface area (Å²) >= 11 is 0. The Morgan fingerprint density at radius 3 is 1.73 bits per heavy atom. The molecular weight excluding hydrogens is 556 g/mol. The smallest absolute Gasteiger partial charge is 0.405 e. The molecule has 0 heterocycles. The van der Waals surface area contributed by atoms with Crippen molar-refractivity contribution in [3.05, 3.63) is 101 Å². The van der Waals surface area contributed by atoms with Crippen LogP contribution in [-0.2, 0) is 35.5 Å². The Balaban J connectivity index is 0.000000785. The predicted molar refractivity (Wildman–Crippen MR) is 172 cm³/mol. The van der Waals surface area contributed by atoms with Gasteiger partial charge >= 0.3 is 6.09 Å². The van der Waals surface area contributed by atoms with Crippen LogP contribution in [0.4, 0.5) is 4.79 Å². The van der Waals surface area contributed by atoms with E-state index in [0.717, 1.165) is 22.3 Å². The molecule has 6 N–H and O–H groups in total. The Morgan fingerprint density at radius 2 is 1.20 bits per heavy atom. The topological polar surface area (TPSA) is 143 Å². The van der Waals surface area contributed by atoms with Crippen LogP contribution in [0.15, 0.2) is 78.9 Å². The highest BCUT2D eigenvalue weighted by molar-refractivity contribution is 5.91. The average Bonchev–Trinajstić information content (AvgIpc) is 3.05. The van der Waals surface area contributed by atoms with Crippen molar-refractivity contribution in [1.82, 2.24) is 16.0 Å². The van der Waals surface area contributed by atoms with Crippen LogP contribution in [0.5, 0.6) is 5.75 Å². The Kier molecular flexibility index (Phi) is 14.7. The van der Waals surface area contributed by atoms with Gasteiger partial charge in [0.15, 0.2) is 0 Å². The van der Waals surface area contributed by atoms with Crippen LogP contribution < -0.4 is 26.4 Å². The quantitative estimate of drug-likeness (QED) is 0.184. The highest BCUT2D eigenvalue weighted by Gasteiger charge is 2.27. The molecule has 0 aliphatic heterocycles. The number of amides is 3. The van der Waals surface area contributed by atoms with Gasteiger partial charge in [0.05, 0.1) is 6.61 Å². The first-order valence-corrected chi connectivity index (χ1v) is 15.5. The van der Waals surface area contributed by atoms with Gasteiger partial charge in [-0.15, -0.1) is 0 Å². The summed E-state index contributed by atoms with van der Waals surface area (Å²) in [5, 5.41) is 17.3. The second kappa shape index (κ2) is 19.0. The molecule has 0 radical (unpaired) electrons. The van der Waals surface area contributed by atoms with Gasteiger partial charge in [0.2, 0.25) is 11.8 Å². The molecule has 0 saturated heterocycles. The van der Waals surface area contributed by atoms with E-state index in [2.05, 4.69) is 16.0 Å². The molecule has 3 aromatic rings. The van der Waals surface area contributed by atoms with Crippen molar-refractivity contribution >= 4 is 17.9 Å². The molecule has 3 amide bonds. The number of hydrogen-bond donors (Lipinski definition) is 5. The van der Waals surface area contributed by atoms with E-state index in [4.69, 9.17) is 10.5 Å². The second-order valence-electron chi connectivity index (χ2n) is 10.9. The van der Waals surface area contributed by atoms with E-state index >= 15 is 0 Å². The first kappa shape index (κ1) is 34.1. The van der Waals surface area contributed by atoms with E-state index in [0.29, 0.717) is 18.9 Å². The summed E-state index contributed by atoms with van der Waals surface area (Å²) < 4.78 is 5.44. The van der Waals surface area contributed by atoms with Crippen molar-refractivity contribution in [2.24, 2.45) is 5.73 Å². The van der Waals surface area contributed by atoms with E-state index in [1.807, 2.05) is 61.5 Å². The van der Waals surface area contributed by atoms with Crippen molar-refractivity contribution < 1.29 is 24.2 Å². The molecular formula is C35H46N4O5. The lowest BCUT2D eigenvalue weighted by atomic mass is 10.0. The fourth-order valence-corrected chi connectivity index (χ4v) is 4.98. The molecule has 1 saturated carbocycles. The maximum Gasteiger partial charge on any atom is 0.405 e. The number of benzene rings is 3. The Bertz CT molecular complexity index is 1270. The number of carbonyl (C=O) groups excluding carboxylic acids is 2. The first-order valence-electron chi connectivity index (χ1n) is 15.5. The highest BCUT2D eigenvalue weighted by atomic mass is 16.5. The lowest BCUT2D eigenvalue weighted by Gasteiger charge is -2.23. The van der Waals surface area contributed by atoms with E-state index < -0.39 is 24.1 Å². The summed E-state index contributed by atoms with van der Waals surface area (Å²) in [5.74, 6) is -0.286. The summed E-state index contributed by atoms with van der Waals surface area (Å²) in [7, 11) is 0. The van der Waals surface area contributed by atoms with Crippen LogP contribution in [0.25, 0.3) is 0 Å². The zero-order valence-electron chi connectivity index (χ0n) is 25.6. The summed E-state index contributed by atoms with van der Waals surface area (Å²) in [6.07, 6.45) is 8.02. The number of rotatable bonds is 13. The number of carbonyl (C=O) groups is 3. The monoisotopic (exact) mass is 602 g/mol. The van der Waals surface area contributed by atoms with Gasteiger partial charge in [-0.3, -0.25) is 9.59 Å². The molecule has 1 aliphatic carbocycles. The van der Waals surface area contributed by atoms with Crippen LogP contribution in [0.2, 0.25) is 0 Å². The molecule has 0 unspecified atom stereocenters. The van der Waals surface area contributed by atoms with E-state index in [1.54, 1.807) is 24.3 Å². The minimum Gasteiger partial charge on any atom is -0.494 e. The Hall–Kier alpha value is -4.37. The van der Waals surface area contributed by atoms with Crippen molar-refractivity contribution in [2.75, 3.05) is 6.61 Å². The standard InChI is InChI=1S/C29H34N4O5.C6H12/c1-2-38-24-14-12-21(13-15-24)17-26(33-29(36)37)28(35)32-25(16-20-6-4-3-5-7-20)27(34)31-19-23-10-8-22(18-30)9-11-23;1-2-4-6-5-3-1/h3-15,25-26,33H,2,16-19,30H2,1H3,(H,31,34)(H,32,35)(H,36,37);1-6H2/t25-,26+;/m0./s1. The fraction of sp³-hybridized carbons (Fsp3) is 0.400. The average molecular weight is 603 g/mol. The van der Waals surface area contributed by atoms with Gasteiger partial charge in [0.1, 0.15) is 17.8 Å². The van der Waals surface area contributed by atoms with Crippen molar-refractivity contribution in [3.63, 3.8) is 0 Å². The third-order valence-corrected chi connectivity index (χ3v) is 7.43. The van der Waals surface area contributed by atoms with E-state index in [1.165, 1.54) is 38.5 Å². The normalized spacial score (nSPS) is 13.8. The van der Waals surface area contributed by atoms with Gasteiger partial charge in [0.25, 0.3) is 0 Å². The van der Waals surface area contributed by atoms with Gasteiger partial charge in [-0.25, -0.2) is 4.79 Å². The van der Waals surface area contributed by atoms with E-state index in [9.17, 15) is 19.5 Å². The van der Waals surface area contributed by atoms with Gasteiger partial charge in [0, 0.05) is 25.9 Å². The molecule has 9 heteroatoms. The third-order valence-electron chi connectivity index (χ3n) is 7.43. The zero-order valence-corrected chi connectivity index (χ0v) is 25.6. The number of hydrogen-bond acceptors (Lipinski definition) is 5. The van der Waals surface area contributed by atoms with Crippen molar-refractivity contribution in [2.45, 2.75) is 83.5 Å². The molecule has 0 spiro atoms. The molecule has 0 bridgehead atoms. The lowest BCUT2D eigenvalue weighted by Crippen LogP contribution is -2.54. The fourth-order valence-electron chi connectivity index (χ4n) is 4.98. The van der Waals surface area contributed by atoms with Crippen molar-refractivity contribution in [1.29, 1.82) is 0 Å². The molecule has 1 aliphatic rings. The predicted octanol–water partition coefficient (Wildman–Crippen LogP) is 5.11. The summed E-state index contributed by atoms with van der Waals surface area (Å²) in [6, 6.07) is 21.9. The molecule has 44 heavy (non-hydrogen) atoms. The lowest BCUT2D eigenvalue weighted by molar-refractivity contribution is -0.130. The third kappa shape index (κ3) is 12.5. The number of nitrogens with one attached hydrogen (secondary N) is 3. The minimum absolute atomic E-state index is 0.109. The largest absolute Gasteiger partial charge is 0.494 e. The molecule has 4 rings (SSSR count). The molecule has 3 aromatic carbocycles. The molecule has 1 fully saturated rings. The van der Waals surface area contributed by atoms with Gasteiger partial charge in [-0.05, 0) is 41.3 Å². The van der Waals surface area contributed by atoms with Crippen LogP contribution in [-0.4, -0.2) is 41.7 Å². The van der Waals surface area contributed by atoms with Crippen LogP contribution in [0, 0.1) is 0 Å². The maximum absolute atomic E-state index is 13.2. The number of carboxylic acid groups (broad SMARTS) is 1. The SMILES string of the molecule is C1CCCCC1.CCOc1ccc(C[C@@H](NC(=O)O)C(=O)N[C@@H](Cc2ccccc2)C(=O)NCc2ccc(CN)cc2)cc1. The molecule has 2 atom stereocenters. The van der Waals surface area contributed by atoms with E-state index in [-0.39, 0.29) is 25.3 Å². The highest BCUT2D eigenvalue weighted by Crippen LogP contribution is 2.16. The molecule has 9 nitrogen and oxygen atoms in total. The minimum atomic E-state index is -1.33. The van der Waals surface area contributed by atoms with Gasteiger partial charge < -0.3 is 31.5 Å². The van der Waals surface area contributed by atoms with Gasteiger partial charge in [-0.2, -0.15) is 0 Å². The summed E-state index contributed by atoms with van der Waals surface area (Å²) in [6.45, 7) is 3.10. The summed E-state index contributed by atoms with van der Waals surface area (Å²) in [5.41, 5.74) is 9.12. The Labute approximate surface area is 260 Å². The first-order chi connectivity index (χ1) is 21.4. The maximum atomic E-state index is 13.2. The zero-order chi connectivity index (χ0) is 31.6. The number of ether oxygens (including phenoxy) is 1.